The van der Waals surface area contributed by atoms with Crippen molar-refractivity contribution in [2.75, 3.05) is 6.61 Å². The lowest BCUT2D eigenvalue weighted by Crippen LogP contribution is -2.15. The van der Waals surface area contributed by atoms with Gasteiger partial charge in [0.2, 0.25) is 0 Å². The minimum absolute atomic E-state index is 0.0630. The van der Waals surface area contributed by atoms with E-state index in [9.17, 15) is 4.79 Å². The van der Waals surface area contributed by atoms with E-state index in [1.165, 1.54) is 51.4 Å². The van der Waals surface area contributed by atoms with Gasteiger partial charge in [0, 0.05) is 0 Å². The van der Waals surface area contributed by atoms with E-state index in [-0.39, 0.29) is 12.1 Å². The topological polar surface area (TPSA) is 60.2 Å². The van der Waals surface area contributed by atoms with Crippen molar-refractivity contribution in [3.8, 4) is 16.9 Å². The molecule has 0 bridgehead atoms. The third-order valence-electron chi connectivity index (χ3n) is 6.98. The molecule has 0 fully saturated rings. The fraction of sp³-hybridized carbons (Fsp3) is 0.457. The number of ether oxygens (including phenoxy) is 2. The number of carbonyl (C=O) groups excluding carboxylic acids is 1. The van der Waals surface area contributed by atoms with E-state index in [0.717, 1.165) is 54.1 Å². The molecule has 0 N–H and O–H groups in total. The van der Waals surface area contributed by atoms with Crippen LogP contribution < -0.4 is 4.74 Å². The zero-order valence-electron chi connectivity index (χ0n) is 24.6. The molecule has 0 aliphatic carbocycles. The molecule has 0 amide bonds. The second-order valence-corrected chi connectivity index (χ2v) is 10.5. The van der Waals surface area contributed by atoms with Crippen LogP contribution in [-0.4, -0.2) is 18.7 Å². The molecule has 0 aliphatic heterocycles. The van der Waals surface area contributed by atoms with Gasteiger partial charge in [-0.3, -0.25) is 0 Å². The van der Waals surface area contributed by atoms with Crippen molar-refractivity contribution < 1.29 is 14.3 Å². The highest BCUT2D eigenvalue weighted by molar-refractivity contribution is 5.90. The van der Waals surface area contributed by atoms with Crippen molar-refractivity contribution in [3.63, 3.8) is 0 Å². The summed E-state index contributed by atoms with van der Waals surface area (Å²) < 4.78 is 11.5. The van der Waals surface area contributed by atoms with Gasteiger partial charge in [-0.15, -0.1) is 0 Å². The molecule has 0 radical (unpaired) electrons. The largest absolute Gasteiger partial charge is 0.494 e. The van der Waals surface area contributed by atoms with Gasteiger partial charge in [-0.2, -0.15) is 10.2 Å². The molecule has 0 aromatic heterocycles. The fourth-order valence-corrected chi connectivity index (χ4v) is 4.48. The maximum atomic E-state index is 12.5. The molecule has 3 rings (SSSR count). The van der Waals surface area contributed by atoms with E-state index in [1.807, 2.05) is 79.7 Å². The van der Waals surface area contributed by atoms with Crippen LogP contribution in [0.15, 0.2) is 83.0 Å². The highest BCUT2D eigenvalue weighted by Crippen LogP contribution is 2.26. The van der Waals surface area contributed by atoms with Gasteiger partial charge in [-0.25, -0.2) is 4.79 Å². The van der Waals surface area contributed by atoms with Crippen molar-refractivity contribution in [2.45, 2.75) is 97.5 Å². The molecule has 214 valence electrons. The highest BCUT2D eigenvalue weighted by Gasteiger charge is 2.12. The summed E-state index contributed by atoms with van der Waals surface area (Å²) in [6.45, 7) is 7.16. The molecule has 40 heavy (non-hydrogen) atoms. The smallest absolute Gasteiger partial charge is 0.338 e. The average molecular weight is 543 g/mol. The molecule has 5 heteroatoms. The zero-order valence-corrected chi connectivity index (χ0v) is 24.6. The lowest BCUT2D eigenvalue weighted by atomic mass is 10.0. The summed E-state index contributed by atoms with van der Waals surface area (Å²) >= 11 is 0. The number of rotatable bonds is 18. The van der Waals surface area contributed by atoms with Crippen LogP contribution in [0.1, 0.15) is 102 Å². The Balaban J connectivity index is 1.44. The van der Waals surface area contributed by atoms with Crippen molar-refractivity contribution >= 4 is 17.3 Å². The number of unbranched alkanes of at least 4 members (excludes halogenated alkanes) is 8. The Labute approximate surface area is 241 Å². The van der Waals surface area contributed by atoms with Crippen molar-refractivity contribution in [1.82, 2.24) is 0 Å². The third kappa shape index (κ3) is 11.3. The number of azo groups is 1. The van der Waals surface area contributed by atoms with Gasteiger partial charge in [-0.1, -0.05) is 89.5 Å². The molecule has 0 unspecified atom stereocenters. The van der Waals surface area contributed by atoms with Gasteiger partial charge >= 0.3 is 5.97 Å². The third-order valence-corrected chi connectivity index (χ3v) is 6.98. The Morgan fingerprint density at radius 1 is 0.650 bits per heavy atom. The summed E-state index contributed by atoms with van der Waals surface area (Å²) in [5, 5.41) is 8.73. The Morgan fingerprint density at radius 2 is 1.15 bits per heavy atom. The Kier molecular flexibility index (Phi) is 14.0. The first kappa shape index (κ1) is 31.1. The molecule has 0 saturated heterocycles. The lowest BCUT2D eigenvalue weighted by molar-refractivity contribution is 0.0319. The molecule has 1 atom stereocenters. The van der Waals surface area contributed by atoms with E-state index >= 15 is 0 Å². The number of hydrogen-bond donors (Lipinski definition) is 0. The van der Waals surface area contributed by atoms with Crippen LogP contribution in [0.2, 0.25) is 0 Å². The fourth-order valence-electron chi connectivity index (χ4n) is 4.48. The molecule has 0 saturated carbocycles. The van der Waals surface area contributed by atoms with Crippen molar-refractivity contribution in [3.05, 3.63) is 78.4 Å². The summed E-state index contributed by atoms with van der Waals surface area (Å²) in [7, 11) is 0. The average Bonchev–Trinajstić information content (AvgIpc) is 2.99. The molecule has 0 spiro atoms. The second-order valence-electron chi connectivity index (χ2n) is 10.5. The summed E-state index contributed by atoms with van der Waals surface area (Å²) in [4.78, 5) is 12.5. The van der Waals surface area contributed by atoms with Crippen LogP contribution >= 0.6 is 0 Å². The van der Waals surface area contributed by atoms with Gasteiger partial charge in [0.1, 0.15) is 5.75 Å². The molecule has 3 aromatic carbocycles. The first-order valence-corrected chi connectivity index (χ1v) is 15.1. The second kappa shape index (κ2) is 18.0. The standard InChI is InChI=1S/C35H46N2O3/c1-4-6-8-10-11-13-27-39-34-25-23-33(24-26-34)37-36-32-21-19-30(20-22-32)29-15-17-31(18-16-29)35(38)40-28(3)14-12-9-7-5-2/h15-26,28H,4-14,27H2,1-3H3/t28-/m0/s1. The molecular formula is C35H46N2O3. The summed E-state index contributed by atoms with van der Waals surface area (Å²) in [6, 6.07) is 23.2. The van der Waals surface area contributed by atoms with Gasteiger partial charge in [-0.05, 0) is 85.8 Å². The number of esters is 1. The molecule has 3 aromatic rings. The Hall–Kier alpha value is -3.47. The minimum atomic E-state index is -0.261. The lowest BCUT2D eigenvalue weighted by Gasteiger charge is -2.13. The maximum Gasteiger partial charge on any atom is 0.338 e. The van der Waals surface area contributed by atoms with E-state index in [1.54, 1.807) is 0 Å². The Bertz CT molecular complexity index is 1140. The molecular weight excluding hydrogens is 496 g/mol. The SMILES string of the molecule is CCCCCCCCOc1ccc(N=Nc2ccc(-c3ccc(C(=O)O[C@@H](C)CCCCCC)cc3)cc2)cc1. The van der Waals surface area contributed by atoms with E-state index < -0.39 is 0 Å². The van der Waals surface area contributed by atoms with Gasteiger partial charge in [0.15, 0.2) is 0 Å². The van der Waals surface area contributed by atoms with Crippen LogP contribution in [0, 0.1) is 0 Å². The van der Waals surface area contributed by atoms with Crippen LogP contribution in [-0.2, 0) is 4.74 Å². The minimum Gasteiger partial charge on any atom is -0.494 e. The molecule has 0 aliphatic rings. The van der Waals surface area contributed by atoms with Crippen LogP contribution in [0.3, 0.4) is 0 Å². The number of benzene rings is 3. The molecule has 5 nitrogen and oxygen atoms in total. The number of nitrogens with zero attached hydrogens (tertiary/aromatic N) is 2. The van der Waals surface area contributed by atoms with Gasteiger partial charge < -0.3 is 9.47 Å². The quantitative estimate of drug-likeness (QED) is 0.0912. The van der Waals surface area contributed by atoms with Gasteiger partial charge in [0.05, 0.1) is 29.6 Å². The summed E-state index contributed by atoms with van der Waals surface area (Å²) in [6.07, 6.45) is 13.1. The highest BCUT2D eigenvalue weighted by atomic mass is 16.5. The summed E-state index contributed by atoms with van der Waals surface area (Å²) in [5.41, 5.74) is 4.22. The van der Waals surface area contributed by atoms with Gasteiger partial charge in [0.25, 0.3) is 0 Å². The number of carbonyl (C=O) groups is 1. The van der Waals surface area contributed by atoms with E-state index in [4.69, 9.17) is 9.47 Å². The Morgan fingerprint density at radius 3 is 1.75 bits per heavy atom. The number of hydrogen-bond acceptors (Lipinski definition) is 5. The first-order valence-electron chi connectivity index (χ1n) is 15.1. The van der Waals surface area contributed by atoms with E-state index in [0.29, 0.717) is 5.56 Å². The van der Waals surface area contributed by atoms with Crippen LogP contribution in [0.4, 0.5) is 11.4 Å². The molecule has 0 heterocycles. The van der Waals surface area contributed by atoms with Crippen LogP contribution in [0.25, 0.3) is 11.1 Å². The zero-order chi connectivity index (χ0) is 28.4. The van der Waals surface area contributed by atoms with Crippen molar-refractivity contribution in [2.24, 2.45) is 10.2 Å². The first-order chi connectivity index (χ1) is 19.6. The predicted molar refractivity (Wildman–Crippen MR) is 165 cm³/mol. The monoisotopic (exact) mass is 542 g/mol. The predicted octanol–water partition coefficient (Wildman–Crippen LogP) is 11.0. The van der Waals surface area contributed by atoms with E-state index in [2.05, 4.69) is 24.1 Å². The van der Waals surface area contributed by atoms with Crippen molar-refractivity contribution in [1.29, 1.82) is 0 Å². The normalized spacial score (nSPS) is 12.0. The summed E-state index contributed by atoms with van der Waals surface area (Å²) in [5.74, 6) is 0.607. The van der Waals surface area contributed by atoms with Crippen LogP contribution in [0.5, 0.6) is 5.75 Å². The maximum absolute atomic E-state index is 12.5.